The van der Waals surface area contributed by atoms with E-state index in [9.17, 15) is 14.4 Å². The molecule has 0 unspecified atom stereocenters. The number of hydrogen-bond donors (Lipinski definition) is 1. The Kier molecular flexibility index (Phi) is 6.48. The number of carbonyl (C=O) groups is 3. The molecule has 31 heavy (non-hydrogen) atoms. The monoisotopic (exact) mass is 425 g/mol. The molecule has 0 radical (unpaired) electrons. The van der Waals surface area contributed by atoms with Crippen LogP contribution in [0.1, 0.15) is 26.3 Å². The molecule has 164 valence electrons. The first-order valence-corrected chi connectivity index (χ1v) is 9.97. The standard InChI is InChI=1S/C23H27N3O5/c1-23(2,3)31-22(29)24-17-10-11-19-18(12-17)26(21(28)15-30-19)14-20(27)25(4)13-16-8-6-5-7-9-16/h5-12H,13-15H2,1-4H3,(H,24,29). The van der Waals surface area contributed by atoms with Crippen molar-refractivity contribution < 1.29 is 23.9 Å². The maximum absolute atomic E-state index is 12.8. The fourth-order valence-corrected chi connectivity index (χ4v) is 3.08. The second-order valence-electron chi connectivity index (χ2n) is 8.31. The molecule has 0 saturated heterocycles. The summed E-state index contributed by atoms with van der Waals surface area (Å²) >= 11 is 0. The Bertz CT molecular complexity index is 969. The molecule has 1 aliphatic rings. The van der Waals surface area contributed by atoms with Gasteiger partial charge in [-0.2, -0.15) is 0 Å². The van der Waals surface area contributed by atoms with Gasteiger partial charge in [0, 0.05) is 19.3 Å². The van der Waals surface area contributed by atoms with Crippen molar-refractivity contribution in [2.75, 3.05) is 30.4 Å². The van der Waals surface area contributed by atoms with E-state index in [1.807, 2.05) is 30.3 Å². The van der Waals surface area contributed by atoms with Crippen LogP contribution in [0.25, 0.3) is 0 Å². The number of nitrogens with zero attached hydrogens (tertiary/aromatic N) is 2. The SMILES string of the molecule is CN(Cc1ccccc1)C(=O)CN1C(=O)COc2ccc(NC(=O)OC(C)(C)C)cc21. The van der Waals surface area contributed by atoms with Gasteiger partial charge in [-0.25, -0.2) is 4.79 Å². The Hall–Kier alpha value is -3.55. The number of fused-ring (bicyclic) bond motifs is 1. The summed E-state index contributed by atoms with van der Waals surface area (Å²) in [6, 6.07) is 14.5. The van der Waals surface area contributed by atoms with Crippen LogP contribution in [-0.2, 0) is 20.9 Å². The Balaban J connectivity index is 1.74. The third kappa shape index (κ3) is 5.97. The average molecular weight is 425 g/mol. The molecule has 8 nitrogen and oxygen atoms in total. The van der Waals surface area contributed by atoms with Crippen molar-refractivity contribution in [3.05, 3.63) is 54.1 Å². The number of hydrogen-bond acceptors (Lipinski definition) is 5. The van der Waals surface area contributed by atoms with Gasteiger partial charge in [0.25, 0.3) is 5.91 Å². The van der Waals surface area contributed by atoms with E-state index in [1.54, 1.807) is 50.9 Å². The molecular formula is C23H27N3O5. The summed E-state index contributed by atoms with van der Waals surface area (Å²) in [6.07, 6.45) is -0.610. The number of anilines is 2. The van der Waals surface area contributed by atoms with Gasteiger partial charge in [0.15, 0.2) is 6.61 Å². The lowest BCUT2D eigenvalue weighted by atomic mass is 10.2. The van der Waals surface area contributed by atoms with E-state index in [2.05, 4.69) is 5.32 Å². The maximum atomic E-state index is 12.8. The summed E-state index contributed by atoms with van der Waals surface area (Å²) in [6.45, 7) is 5.46. The van der Waals surface area contributed by atoms with Gasteiger partial charge in [0.1, 0.15) is 17.9 Å². The van der Waals surface area contributed by atoms with Crippen LogP contribution in [0.15, 0.2) is 48.5 Å². The number of ether oxygens (including phenoxy) is 2. The third-order valence-corrected chi connectivity index (χ3v) is 4.53. The summed E-state index contributed by atoms with van der Waals surface area (Å²) in [5.74, 6) is -0.0770. The molecule has 1 heterocycles. The zero-order valence-electron chi connectivity index (χ0n) is 18.2. The first-order valence-electron chi connectivity index (χ1n) is 9.97. The van der Waals surface area contributed by atoms with Crippen molar-refractivity contribution in [3.63, 3.8) is 0 Å². The first kappa shape index (κ1) is 22.1. The van der Waals surface area contributed by atoms with E-state index in [0.29, 0.717) is 23.7 Å². The van der Waals surface area contributed by atoms with E-state index in [4.69, 9.17) is 9.47 Å². The van der Waals surface area contributed by atoms with Gasteiger partial charge in [-0.3, -0.25) is 19.8 Å². The molecule has 0 aliphatic carbocycles. The van der Waals surface area contributed by atoms with Crippen molar-refractivity contribution in [3.8, 4) is 5.75 Å². The van der Waals surface area contributed by atoms with Gasteiger partial charge in [-0.05, 0) is 44.5 Å². The van der Waals surface area contributed by atoms with E-state index in [-0.39, 0.29) is 25.0 Å². The van der Waals surface area contributed by atoms with Crippen molar-refractivity contribution in [2.24, 2.45) is 0 Å². The highest BCUT2D eigenvalue weighted by Gasteiger charge is 2.29. The van der Waals surface area contributed by atoms with Crippen LogP contribution in [-0.4, -0.2) is 48.6 Å². The van der Waals surface area contributed by atoms with Gasteiger partial charge >= 0.3 is 6.09 Å². The van der Waals surface area contributed by atoms with Crippen LogP contribution in [0.4, 0.5) is 16.2 Å². The second-order valence-corrected chi connectivity index (χ2v) is 8.31. The molecule has 1 aliphatic heterocycles. The van der Waals surface area contributed by atoms with Crippen LogP contribution in [0.5, 0.6) is 5.75 Å². The largest absolute Gasteiger partial charge is 0.482 e. The summed E-state index contributed by atoms with van der Waals surface area (Å²) in [5.41, 5.74) is 1.21. The fraction of sp³-hybridized carbons (Fsp3) is 0.348. The first-order chi connectivity index (χ1) is 14.6. The minimum Gasteiger partial charge on any atom is -0.482 e. The third-order valence-electron chi connectivity index (χ3n) is 4.53. The fourth-order valence-electron chi connectivity index (χ4n) is 3.08. The lowest BCUT2D eigenvalue weighted by molar-refractivity contribution is -0.131. The van der Waals surface area contributed by atoms with E-state index in [0.717, 1.165) is 5.56 Å². The van der Waals surface area contributed by atoms with E-state index in [1.165, 1.54) is 4.90 Å². The number of rotatable bonds is 5. The number of likely N-dealkylation sites (N-methyl/N-ethyl adjacent to an activating group) is 1. The Morgan fingerprint density at radius 2 is 1.87 bits per heavy atom. The van der Waals surface area contributed by atoms with Crippen LogP contribution in [0.3, 0.4) is 0 Å². The van der Waals surface area contributed by atoms with Gasteiger partial charge in [0.2, 0.25) is 5.91 Å². The van der Waals surface area contributed by atoms with E-state index < -0.39 is 11.7 Å². The number of benzene rings is 2. The molecule has 8 heteroatoms. The van der Waals surface area contributed by atoms with Gasteiger partial charge in [-0.15, -0.1) is 0 Å². The Morgan fingerprint density at radius 1 is 1.16 bits per heavy atom. The van der Waals surface area contributed by atoms with Crippen molar-refractivity contribution >= 4 is 29.3 Å². The van der Waals surface area contributed by atoms with Gasteiger partial charge in [-0.1, -0.05) is 30.3 Å². The summed E-state index contributed by atoms with van der Waals surface area (Å²) in [4.78, 5) is 40.3. The number of nitrogens with one attached hydrogen (secondary N) is 1. The van der Waals surface area contributed by atoms with Crippen molar-refractivity contribution in [1.82, 2.24) is 4.90 Å². The molecular weight excluding hydrogens is 398 g/mol. The number of amides is 3. The smallest absolute Gasteiger partial charge is 0.412 e. The minimum absolute atomic E-state index is 0.131. The van der Waals surface area contributed by atoms with Crippen molar-refractivity contribution in [2.45, 2.75) is 32.9 Å². The zero-order valence-corrected chi connectivity index (χ0v) is 18.2. The minimum atomic E-state index is -0.640. The Labute approximate surface area is 181 Å². The average Bonchev–Trinajstić information content (AvgIpc) is 2.69. The lowest BCUT2D eigenvalue weighted by Gasteiger charge is -2.30. The molecule has 0 bridgehead atoms. The molecule has 3 amide bonds. The highest BCUT2D eigenvalue weighted by Crippen LogP contribution is 2.34. The molecule has 0 atom stereocenters. The molecule has 2 aromatic carbocycles. The molecule has 0 fully saturated rings. The van der Waals surface area contributed by atoms with Crippen molar-refractivity contribution in [1.29, 1.82) is 0 Å². The molecule has 1 N–H and O–H groups in total. The summed E-state index contributed by atoms with van der Waals surface area (Å²) in [7, 11) is 1.70. The molecule has 0 saturated carbocycles. The molecule has 0 aromatic heterocycles. The number of carbonyl (C=O) groups excluding carboxylic acids is 3. The molecule has 2 aromatic rings. The van der Waals surface area contributed by atoms with Crippen LogP contribution < -0.4 is 15.0 Å². The predicted molar refractivity (Wildman–Crippen MR) is 117 cm³/mol. The van der Waals surface area contributed by atoms with Gasteiger partial charge < -0.3 is 14.4 Å². The normalized spacial score (nSPS) is 13.2. The summed E-state index contributed by atoms with van der Waals surface area (Å²) in [5, 5.41) is 2.64. The summed E-state index contributed by atoms with van der Waals surface area (Å²) < 4.78 is 10.7. The maximum Gasteiger partial charge on any atom is 0.412 e. The predicted octanol–water partition coefficient (Wildman–Crippen LogP) is 3.42. The lowest BCUT2D eigenvalue weighted by Crippen LogP contribution is -2.45. The second kappa shape index (κ2) is 9.07. The quantitative estimate of drug-likeness (QED) is 0.793. The highest BCUT2D eigenvalue weighted by molar-refractivity contribution is 6.03. The molecule has 0 spiro atoms. The molecule has 3 rings (SSSR count). The van der Waals surface area contributed by atoms with Crippen LogP contribution >= 0.6 is 0 Å². The zero-order chi connectivity index (χ0) is 22.6. The topological polar surface area (TPSA) is 88.2 Å². The Morgan fingerprint density at radius 3 is 2.55 bits per heavy atom. The van der Waals surface area contributed by atoms with Crippen LogP contribution in [0.2, 0.25) is 0 Å². The highest BCUT2D eigenvalue weighted by atomic mass is 16.6. The van der Waals surface area contributed by atoms with E-state index >= 15 is 0 Å². The van der Waals surface area contributed by atoms with Crippen LogP contribution in [0, 0.1) is 0 Å². The van der Waals surface area contributed by atoms with Gasteiger partial charge in [0.05, 0.1) is 5.69 Å².